The standard InChI is InChI=1S/C10H20O2.C6H12O2/c1-5-6-7-8-12-9(11)10(2,3)4;1-6(2,3)5(7)8-4/h5-8H2,1-4H3;1-4H3. The molecule has 4 heteroatoms. The molecule has 0 saturated carbocycles. The highest BCUT2D eigenvalue weighted by atomic mass is 16.5. The number of unbranched alkanes of at least 4 members (excludes halogenated alkanes) is 2. The summed E-state index contributed by atoms with van der Waals surface area (Å²) in [5.41, 5.74) is -0.707. The molecule has 0 amide bonds. The third-order valence-electron chi connectivity index (χ3n) is 2.39. The van der Waals surface area contributed by atoms with Gasteiger partial charge in [0.15, 0.2) is 0 Å². The molecule has 0 aliphatic rings. The van der Waals surface area contributed by atoms with Crippen molar-refractivity contribution >= 4 is 11.9 Å². The number of rotatable bonds is 4. The van der Waals surface area contributed by atoms with Crippen LogP contribution in [0.2, 0.25) is 0 Å². The summed E-state index contributed by atoms with van der Waals surface area (Å²) in [6.07, 6.45) is 3.28. The van der Waals surface area contributed by atoms with Gasteiger partial charge in [-0.25, -0.2) is 0 Å². The molecular formula is C16H32O4. The quantitative estimate of drug-likeness (QED) is 0.580. The lowest BCUT2D eigenvalue weighted by Gasteiger charge is -2.16. The topological polar surface area (TPSA) is 52.6 Å². The summed E-state index contributed by atoms with van der Waals surface area (Å²) < 4.78 is 9.55. The summed E-state index contributed by atoms with van der Waals surface area (Å²) in [7, 11) is 1.40. The van der Waals surface area contributed by atoms with Crippen molar-refractivity contribution in [1.29, 1.82) is 0 Å². The molecule has 0 aliphatic carbocycles. The molecule has 0 bridgehead atoms. The van der Waals surface area contributed by atoms with Crippen LogP contribution in [0, 0.1) is 10.8 Å². The Labute approximate surface area is 124 Å². The number of ether oxygens (including phenoxy) is 2. The summed E-state index contributed by atoms with van der Waals surface area (Å²) in [6, 6.07) is 0. The van der Waals surface area contributed by atoms with Crippen molar-refractivity contribution in [3.63, 3.8) is 0 Å². The molecule has 120 valence electrons. The van der Waals surface area contributed by atoms with Crippen molar-refractivity contribution in [3.05, 3.63) is 0 Å². The van der Waals surface area contributed by atoms with Gasteiger partial charge in [0.1, 0.15) is 0 Å². The number of hydrogen-bond acceptors (Lipinski definition) is 4. The summed E-state index contributed by atoms with van der Waals surface area (Å²) in [5.74, 6) is -0.267. The first kappa shape index (κ1) is 21.2. The van der Waals surface area contributed by atoms with Crippen LogP contribution < -0.4 is 0 Å². The third-order valence-corrected chi connectivity index (χ3v) is 2.39. The molecule has 0 spiro atoms. The van der Waals surface area contributed by atoms with Crippen molar-refractivity contribution in [2.45, 2.75) is 67.7 Å². The SMILES string of the molecule is CCCCCOC(=O)C(C)(C)C.COC(=O)C(C)(C)C. The molecule has 0 aromatic heterocycles. The van der Waals surface area contributed by atoms with Gasteiger partial charge in [-0.2, -0.15) is 0 Å². The van der Waals surface area contributed by atoms with E-state index in [2.05, 4.69) is 11.7 Å². The number of carbonyl (C=O) groups excluding carboxylic acids is 2. The molecule has 20 heavy (non-hydrogen) atoms. The molecule has 0 fully saturated rings. The van der Waals surface area contributed by atoms with Crippen molar-refractivity contribution in [2.24, 2.45) is 10.8 Å². The second kappa shape index (κ2) is 9.78. The summed E-state index contributed by atoms with van der Waals surface area (Å²) >= 11 is 0. The van der Waals surface area contributed by atoms with E-state index >= 15 is 0 Å². The maximum absolute atomic E-state index is 11.2. The minimum atomic E-state index is -0.355. The Morgan fingerprint density at radius 2 is 1.30 bits per heavy atom. The van der Waals surface area contributed by atoms with Crippen molar-refractivity contribution in [3.8, 4) is 0 Å². The Bertz CT molecular complexity index is 282. The van der Waals surface area contributed by atoms with Crippen molar-refractivity contribution < 1.29 is 19.1 Å². The predicted octanol–water partition coefficient (Wildman–Crippen LogP) is 3.97. The highest BCUT2D eigenvalue weighted by Crippen LogP contribution is 2.15. The lowest BCUT2D eigenvalue weighted by molar-refractivity contribution is -0.153. The lowest BCUT2D eigenvalue weighted by Crippen LogP contribution is -2.23. The van der Waals surface area contributed by atoms with E-state index in [0.717, 1.165) is 19.3 Å². The van der Waals surface area contributed by atoms with Crippen LogP contribution in [0.3, 0.4) is 0 Å². The molecule has 0 radical (unpaired) electrons. The third kappa shape index (κ3) is 12.0. The number of esters is 2. The van der Waals surface area contributed by atoms with Crippen molar-refractivity contribution in [1.82, 2.24) is 0 Å². The van der Waals surface area contributed by atoms with Crippen LogP contribution >= 0.6 is 0 Å². The van der Waals surface area contributed by atoms with Gasteiger partial charge in [0.25, 0.3) is 0 Å². The van der Waals surface area contributed by atoms with E-state index in [1.807, 2.05) is 41.5 Å². The number of hydrogen-bond donors (Lipinski definition) is 0. The highest BCUT2D eigenvalue weighted by molar-refractivity contribution is 5.75. The van der Waals surface area contributed by atoms with E-state index in [0.29, 0.717) is 6.61 Å². The summed E-state index contributed by atoms with van der Waals surface area (Å²) in [4.78, 5) is 21.8. The molecule has 0 aromatic carbocycles. The molecule has 0 rings (SSSR count). The zero-order chi connectivity index (χ0) is 16.4. The van der Waals surface area contributed by atoms with Gasteiger partial charge in [-0.1, -0.05) is 19.8 Å². The second-order valence-electron chi connectivity index (χ2n) is 6.83. The Morgan fingerprint density at radius 3 is 1.55 bits per heavy atom. The second-order valence-corrected chi connectivity index (χ2v) is 6.83. The fourth-order valence-electron chi connectivity index (χ4n) is 1.04. The van der Waals surface area contributed by atoms with Crippen LogP contribution in [-0.4, -0.2) is 25.7 Å². The maximum atomic E-state index is 11.2. The Hall–Kier alpha value is -1.06. The first-order valence-electron chi connectivity index (χ1n) is 7.22. The van der Waals surface area contributed by atoms with Gasteiger partial charge in [0.05, 0.1) is 24.5 Å². The van der Waals surface area contributed by atoms with Crippen LogP contribution in [0.25, 0.3) is 0 Å². The van der Waals surface area contributed by atoms with Crippen LogP contribution in [-0.2, 0) is 19.1 Å². The van der Waals surface area contributed by atoms with Gasteiger partial charge < -0.3 is 9.47 Å². The smallest absolute Gasteiger partial charge is 0.311 e. The molecule has 0 unspecified atom stereocenters. The molecule has 0 aliphatic heterocycles. The monoisotopic (exact) mass is 288 g/mol. The van der Waals surface area contributed by atoms with E-state index in [1.165, 1.54) is 7.11 Å². The number of methoxy groups -OCH3 is 1. The van der Waals surface area contributed by atoms with E-state index in [9.17, 15) is 9.59 Å². The average Bonchev–Trinajstić information content (AvgIpc) is 2.31. The van der Waals surface area contributed by atoms with Gasteiger partial charge in [0, 0.05) is 0 Å². The molecular weight excluding hydrogens is 256 g/mol. The van der Waals surface area contributed by atoms with Crippen LogP contribution in [0.5, 0.6) is 0 Å². The van der Waals surface area contributed by atoms with Gasteiger partial charge in [0.2, 0.25) is 0 Å². The number of carbonyl (C=O) groups is 2. The van der Waals surface area contributed by atoms with Crippen LogP contribution in [0.15, 0.2) is 0 Å². The molecule has 0 N–H and O–H groups in total. The first-order chi connectivity index (χ1) is 8.96. The minimum absolute atomic E-state index is 0.0985. The summed E-state index contributed by atoms with van der Waals surface area (Å²) in [5, 5.41) is 0. The molecule has 0 aromatic rings. The largest absolute Gasteiger partial charge is 0.469 e. The van der Waals surface area contributed by atoms with Gasteiger partial charge in [-0.15, -0.1) is 0 Å². The first-order valence-corrected chi connectivity index (χ1v) is 7.22. The normalized spacial score (nSPS) is 11.2. The summed E-state index contributed by atoms with van der Waals surface area (Å²) in [6.45, 7) is 13.8. The van der Waals surface area contributed by atoms with E-state index in [4.69, 9.17) is 4.74 Å². The predicted molar refractivity (Wildman–Crippen MR) is 81.4 cm³/mol. The Balaban J connectivity index is 0. The average molecular weight is 288 g/mol. The molecule has 0 saturated heterocycles. The van der Waals surface area contributed by atoms with Crippen molar-refractivity contribution in [2.75, 3.05) is 13.7 Å². The van der Waals surface area contributed by atoms with E-state index in [-0.39, 0.29) is 22.8 Å². The molecule has 0 heterocycles. The molecule has 0 atom stereocenters. The zero-order valence-electron chi connectivity index (χ0n) is 14.5. The Morgan fingerprint density at radius 1 is 0.850 bits per heavy atom. The van der Waals surface area contributed by atoms with E-state index < -0.39 is 0 Å². The van der Waals surface area contributed by atoms with E-state index in [1.54, 1.807) is 0 Å². The fraction of sp³-hybridized carbons (Fsp3) is 0.875. The fourth-order valence-corrected chi connectivity index (χ4v) is 1.04. The van der Waals surface area contributed by atoms with Gasteiger partial charge in [-0.3, -0.25) is 9.59 Å². The lowest BCUT2D eigenvalue weighted by atomic mass is 9.97. The zero-order valence-corrected chi connectivity index (χ0v) is 14.5. The van der Waals surface area contributed by atoms with Crippen LogP contribution in [0.1, 0.15) is 67.7 Å². The van der Waals surface area contributed by atoms with Gasteiger partial charge >= 0.3 is 11.9 Å². The molecule has 4 nitrogen and oxygen atoms in total. The Kier molecular flexibility index (Phi) is 10.4. The maximum Gasteiger partial charge on any atom is 0.311 e. The van der Waals surface area contributed by atoms with Gasteiger partial charge in [-0.05, 0) is 48.0 Å². The minimum Gasteiger partial charge on any atom is -0.469 e. The van der Waals surface area contributed by atoms with Crippen LogP contribution in [0.4, 0.5) is 0 Å². The highest BCUT2D eigenvalue weighted by Gasteiger charge is 2.22.